The fourth-order valence-electron chi connectivity index (χ4n) is 3.56. The van der Waals surface area contributed by atoms with Crippen LogP contribution in [0.15, 0.2) is 59.6 Å². The molecule has 0 unspecified atom stereocenters. The number of rotatable bonds is 6. The van der Waals surface area contributed by atoms with Gasteiger partial charge in [-0.05, 0) is 30.2 Å². The van der Waals surface area contributed by atoms with E-state index in [9.17, 15) is 4.79 Å². The van der Waals surface area contributed by atoms with Crippen LogP contribution in [-0.2, 0) is 13.1 Å². The van der Waals surface area contributed by atoms with Gasteiger partial charge in [0.25, 0.3) is 5.91 Å². The minimum atomic E-state index is -0.0340. The molecular weight excluding hydrogens is 362 g/mol. The van der Waals surface area contributed by atoms with Crippen LogP contribution < -0.4 is 10.6 Å². The molecule has 6 nitrogen and oxygen atoms in total. The Morgan fingerprint density at radius 3 is 2.38 bits per heavy atom. The van der Waals surface area contributed by atoms with Crippen LogP contribution >= 0.6 is 0 Å². The lowest BCUT2D eigenvalue weighted by molar-refractivity contribution is 0.0955. The van der Waals surface area contributed by atoms with E-state index in [0.717, 1.165) is 44.2 Å². The van der Waals surface area contributed by atoms with Crippen molar-refractivity contribution in [3.63, 3.8) is 0 Å². The van der Waals surface area contributed by atoms with Gasteiger partial charge in [0.2, 0.25) is 0 Å². The third kappa shape index (κ3) is 6.06. The van der Waals surface area contributed by atoms with E-state index in [1.807, 2.05) is 38.2 Å². The van der Waals surface area contributed by atoms with E-state index >= 15 is 0 Å². The van der Waals surface area contributed by atoms with Crippen LogP contribution in [0.2, 0.25) is 0 Å². The second kappa shape index (κ2) is 10.6. The summed E-state index contributed by atoms with van der Waals surface area (Å²) in [5.41, 5.74) is 3.11. The molecule has 0 aromatic heterocycles. The molecule has 0 spiro atoms. The molecule has 1 amide bonds. The predicted molar refractivity (Wildman–Crippen MR) is 118 cm³/mol. The molecule has 1 saturated heterocycles. The van der Waals surface area contributed by atoms with Gasteiger partial charge >= 0.3 is 0 Å². The van der Waals surface area contributed by atoms with Gasteiger partial charge in [-0.1, -0.05) is 42.5 Å². The van der Waals surface area contributed by atoms with Crippen LogP contribution in [0.25, 0.3) is 0 Å². The summed E-state index contributed by atoms with van der Waals surface area (Å²) in [4.78, 5) is 21.3. The lowest BCUT2D eigenvalue weighted by Gasteiger charge is -2.36. The Morgan fingerprint density at radius 2 is 1.69 bits per heavy atom. The van der Waals surface area contributed by atoms with Crippen LogP contribution in [0.5, 0.6) is 0 Å². The number of guanidine groups is 1. The first-order chi connectivity index (χ1) is 14.2. The van der Waals surface area contributed by atoms with E-state index in [4.69, 9.17) is 0 Å². The first-order valence-electron chi connectivity index (χ1n) is 10.3. The average Bonchev–Trinajstić information content (AvgIpc) is 2.76. The zero-order chi connectivity index (χ0) is 20.5. The highest BCUT2D eigenvalue weighted by Gasteiger charge is 2.19. The lowest BCUT2D eigenvalue weighted by atomic mass is 10.1. The van der Waals surface area contributed by atoms with Gasteiger partial charge in [0.1, 0.15) is 0 Å². The van der Waals surface area contributed by atoms with E-state index in [-0.39, 0.29) is 5.91 Å². The van der Waals surface area contributed by atoms with E-state index in [2.05, 4.69) is 55.8 Å². The number of benzene rings is 2. The van der Waals surface area contributed by atoms with Crippen molar-refractivity contribution in [2.24, 2.45) is 4.99 Å². The van der Waals surface area contributed by atoms with Gasteiger partial charge < -0.3 is 15.5 Å². The molecule has 29 heavy (non-hydrogen) atoms. The smallest absolute Gasteiger partial charge is 0.251 e. The zero-order valence-corrected chi connectivity index (χ0v) is 17.4. The van der Waals surface area contributed by atoms with E-state index in [0.29, 0.717) is 18.7 Å². The quantitative estimate of drug-likeness (QED) is 0.584. The number of amides is 1. The SMILES string of the molecule is CCNC(=O)c1cccc(CNC(=NC)N2CCN(Cc3ccccc3)CC2)c1. The summed E-state index contributed by atoms with van der Waals surface area (Å²) in [6.45, 7) is 8.12. The molecule has 154 valence electrons. The van der Waals surface area contributed by atoms with Gasteiger partial charge in [0.05, 0.1) is 0 Å². The molecule has 1 aliphatic rings. The van der Waals surface area contributed by atoms with E-state index in [1.165, 1.54) is 5.56 Å². The molecule has 0 bridgehead atoms. The number of hydrogen-bond acceptors (Lipinski definition) is 3. The number of nitrogens with zero attached hydrogens (tertiary/aromatic N) is 3. The molecule has 1 fully saturated rings. The van der Waals surface area contributed by atoms with Crippen molar-refractivity contribution in [2.75, 3.05) is 39.8 Å². The first-order valence-corrected chi connectivity index (χ1v) is 10.3. The van der Waals surface area contributed by atoms with Crippen molar-refractivity contribution in [1.82, 2.24) is 20.4 Å². The maximum atomic E-state index is 12.0. The van der Waals surface area contributed by atoms with Crippen LogP contribution in [0.4, 0.5) is 0 Å². The molecule has 2 aromatic rings. The van der Waals surface area contributed by atoms with E-state index in [1.54, 1.807) is 0 Å². The van der Waals surface area contributed by atoms with Crippen LogP contribution in [-0.4, -0.2) is 61.4 Å². The van der Waals surface area contributed by atoms with Crippen LogP contribution in [0.3, 0.4) is 0 Å². The summed E-state index contributed by atoms with van der Waals surface area (Å²) < 4.78 is 0. The molecule has 0 saturated carbocycles. The average molecular weight is 394 g/mol. The first kappa shape index (κ1) is 20.9. The van der Waals surface area contributed by atoms with Gasteiger partial charge in [-0.2, -0.15) is 0 Å². The summed E-state index contributed by atoms with van der Waals surface area (Å²) in [6, 6.07) is 18.3. The number of nitrogens with one attached hydrogen (secondary N) is 2. The van der Waals surface area contributed by atoms with Gasteiger partial charge in [-0.3, -0.25) is 14.7 Å². The Balaban J connectivity index is 1.50. The van der Waals surface area contributed by atoms with Crippen molar-refractivity contribution in [3.05, 3.63) is 71.3 Å². The summed E-state index contributed by atoms with van der Waals surface area (Å²) in [5.74, 6) is 0.876. The Kier molecular flexibility index (Phi) is 7.64. The Morgan fingerprint density at radius 1 is 0.966 bits per heavy atom. The lowest BCUT2D eigenvalue weighted by Crippen LogP contribution is -2.52. The molecule has 1 aliphatic heterocycles. The normalized spacial score (nSPS) is 15.2. The Labute approximate surface area is 173 Å². The second-order valence-corrected chi connectivity index (χ2v) is 7.21. The molecular formula is C23H31N5O. The highest BCUT2D eigenvalue weighted by Crippen LogP contribution is 2.09. The molecule has 0 radical (unpaired) electrons. The number of carbonyl (C=O) groups excluding carboxylic acids is 1. The second-order valence-electron chi connectivity index (χ2n) is 7.21. The molecule has 0 aliphatic carbocycles. The fourth-order valence-corrected chi connectivity index (χ4v) is 3.56. The largest absolute Gasteiger partial charge is 0.352 e. The minimum Gasteiger partial charge on any atom is -0.352 e. The highest BCUT2D eigenvalue weighted by molar-refractivity contribution is 5.94. The Bertz CT molecular complexity index is 813. The van der Waals surface area contributed by atoms with Crippen LogP contribution in [0.1, 0.15) is 28.4 Å². The monoisotopic (exact) mass is 393 g/mol. The highest BCUT2D eigenvalue weighted by atomic mass is 16.1. The third-order valence-corrected chi connectivity index (χ3v) is 5.11. The van der Waals surface area contributed by atoms with E-state index < -0.39 is 0 Å². The van der Waals surface area contributed by atoms with Gasteiger partial charge in [0, 0.05) is 58.4 Å². The topological polar surface area (TPSA) is 60.0 Å². The molecule has 6 heteroatoms. The van der Waals surface area contributed by atoms with Crippen molar-refractivity contribution in [2.45, 2.75) is 20.0 Å². The number of hydrogen-bond donors (Lipinski definition) is 2. The molecule has 2 N–H and O–H groups in total. The maximum Gasteiger partial charge on any atom is 0.251 e. The predicted octanol–water partition coefficient (Wildman–Crippen LogP) is 2.33. The van der Waals surface area contributed by atoms with Gasteiger partial charge in [0.15, 0.2) is 5.96 Å². The van der Waals surface area contributed by atoms with Crippen molar-refractivity contribution >= 4 is 11.9 Å². The summed E-state index contributed by atoms with van der Waals surface area (Å²) in [7, 11) is 1.82. The number of piperazine rings is 1. The maximum absolute atomic E-state index is 12.0. The standard InChI is InChI=1S/C23H31N5O/c1-3-25-22(29)21-11-7-10-20(16-21)17-26-23(24-2)28-14-12-27(13-15-28)18-19-8-5-4-6-9-19/h4-11,16H,3,12-15,17-18H2,1-2H3,(H,24,26)(H,25,29). The van der Waals surface area contributed by atoms with Crippen molar-refractivity contribution in [3.8, 4) is 0 Å². The number of aliphatic imine (C=N–C) groups is 1. The summed E-state index contributed by atoms with van der Waals surface area (Å²) in [5, 5.41) is 6.29. The van der Waals surface area contributed by atoms with Gasteiger partial charge in [-0.25, -0.2) is 0 Å². The Hall–Kier alpha value is -2.86. The molecule has 2 aromatic carbocycles. The summed E-state index contributed by atoms with van der Waals surface area (Å²) >= 11 is 0. The zero-order valence-electron chi connectivity index (χ0n) is 17.4. The van der Waals surface area contributed by atoms with Crippen molar-refractivity contribution < 1.29 is 4.79 Å². The molecule has 0 atom stereocenters. The fraction of sp³-hybridized carbons (Fsp3) is 0.391. The van der Waals surface area contributed by atoms with Gasteiger partial charge in [-0.15, -0.1) is 0 Å². The molecule has 3 rings (SSSR count). The summed E-state index contributed by atoms with van der Waals surface area (Å²) in [6.07, 6.45) is 0. The minimum absolute atomic E-state index is 0.0340. The third-order valence-electron chi connectivity index (χ3n) is 5.11. The van der Waals surface area contributed by atoms with Crippen molar-refractivity contribution in [1.29, 1.82) is 0 Å². The van der Waals surface area contributed by atoms with Crippen LogP contribution in [0, 0.1) is 0 Å². The molecule has 1 heterocycles. The number of carbonyl (C=O) groups is 1.